The third-order valence-electron chi connectivity index (χ3n) is 4.60. The highest BCUT2D eigenvalue weighted by Gasteiger charge is 2.22. The molecule has 27 heavy (non-hydrogen) atoms. The molecule has 0 unspecified atom stereocenters. The Morgan fingerprint density at radius 3 is 2.30 bits per heavy atom. The number of anilines is 2. The van der Waals surface area contributed by atoms with Crippen LogP contribution in [-0.2, 0) is 4.79 Å². The Labute approximate surface area is 159 Å². The summed E-state index contributed by atoms with van der Waals surface area (Å²) in [5.41, 5.74) is 1.28. The van der Waals surface area contributed by atoms with E-state index in [0.717, 1.165) is 31.9 Å². The summed E-state index contributed by atoms with van der Waals surface area (Å²) >= 11 is 0. The van der Waals surface area contributed by atoms with Gasteiger partial charge in [0.05, 0.1) is 0 Å². The first kappa shape index (κ1) is 18.8. The van der Waals surface area contributed by atoms with Crippen LogP contribution in [0.4, 0.5) is 11.6 Å². The van der Waals surface area contributed by atoms with E-state index in [2.05, 4.69) is 25.5 Å². The molecule has 0 radical (unpaired) electrons. The van der Waals surface area contributed by atoms with Gasteiger partial charge in [0, 0.05) is 48.7 Å². The molecule has 0 aliphatic carbocycles. The predicted molar refractivity (Wildman–Crippen MR) is 105 cm³/mol. The van der Waals surface area contributed by atoms with Gasteiger partial charge in [0.2, 0.25) is 11.9 Å². The first-order valence-corrected chi connectivity index (χ1v) is 9.26. The van der Waals surface area contributed by atoms with Crippen LogP contribution in [0.1, 0.15) is 37.0 Å². The molecule has 0 bridgehead atoms. The number of nitrogens with zero attached hydrogens (tertiary/aromatic N) is 3. The monoisotopic (exact) mass is 367 g/mol. The fourth-order valence-corrected chi connectivity index (χ4v) is 2.94. The maximum absolute atomic E-state index is 12.5. The van der Waals surface area contributed by atoms with Gasteiger partial charge < -0.3 is 15.5 Å². The first-order chi connectivity index (χ1) is 13.0. The van der Waals surface area contributed by atoms with Gasteiger partial charge in [0.25, 0.3) is 5.91 Å². The third-order valence-corrected chi connectivity index (χ3v) is 4.60. The second kappa shape index (κ2) is 8.62. The maximum atomic E-state index is 12.5. The van der Waals surface area contributed by atoms with Gasteiger partial charge in [-0.15, -0.1) is 0 Å². The summed E-state index contributed by atoms with van der Waals surface area (Å²) in [4.78, 5) is 34.9. The fraction of sp³-hybridized carbons (Fsp3) is 0.400. The molecule has 3 rings (SSSR count). The predicted octanol–water partition coefficient (Wildman–Crippen LogP) is 2.47. The minimum Gasteiger partial charge on any atom is -0.349 e. The van der Waals surface area contributed by atoms with Gasteiger partial charge in [-0.3, -0.25) is 9.59 Å². The van der Waals surface area contributed by atoms with E-state index in [-0.39, 0.29) is 23.8 Å². The normalized spacial score (nSPS) is 14.9. The van der Waals surface area contributed by atoms with Crippen LogP contribution in [0.15, 0.2) is 42.7 Å². The average Bonchev–Trinajstić information content (AvgIpc) is 2.69. The highest BCUT2D eigenvalue weighted by atomic mass is 16.2. The molecular formula is C20H25N5O2. The lowest BCUT2D eigenvalue weighted by Crippen LogP contribution is -2.45. The molecule has 7 nitrogen and oxygen atoms in total. The maximum Gasteiger partial charge on any atom is 0.251 e. The summed E-state index contributed by atoms with van der Waals surface area (Å²) in [6.45, 7) is 5.31. The molecule has 142 valence electrons. The number of rotatable bonds is 5. The molecule has 2 amide bonds. The van der Waals surface area contributed by atoms with Gasteiger partial charge in [0.1, 0.15) is 0 Å². The van der Waals surface area contributed by atoms with Gasteiger partial charge in [0.15, 0.2) is 0 Å². The summed E-state index contributed by atoms with van der Waals surface area (Å²) in [5.74, 6) is 0.522. The molecule has 1 aliphatic rings. The van der Waals surface area contributed by atoms with Crippen LogP contribution in [0.25, 0.3) is 0 Å². The minimum atomic E-state index is -0.0915. The van der Waals surface area contributed by atoms with E-state index in [1.165, 1.54) is 0 Å². The SMILES string of the molecule is CC(C)C(=O)Nc1ccc(C(=O)NC2CCN(c3ncccn3)CC2)cc1. The summed E-state index contributed by atoms with van der Waals surface area (Å²) < 4.78 is 0. The van der Waals surface area contributed by atoms with Crippen molar-refractivity contribution in [2.24, 2.45) is 5.92 Å². The highest BCUT2D eigenvalue weighted by Crippen LogP contribution is 2.16. The van der Waals surface area contributed by atoms with Gasteiger partial charge in [-0.2, -0.15) is 0 Å². The Morgan fingerprint density at radius 1 is 1.07 bits per heavy atom. The fourth-order valence-electron chi connectivity index (χ4n) is 2.94. The second-order valence-corrected chi connectivity index (χ2v) is 7.00. The highest BCUT2D eigenvalue weighted by molar-refractivity contribution is 5.96. The Bertz CT molecular complexity index is 769. The van der Waals surface area contributed by atoms with E-state index in [1.54, 1.807) is 42.7 Å². The van der Waals surface area contributed by atoms with Crippen molar-refractivity contribution in [2.75, 3.05) is 23.3 Å². The summed E-state index contributed by atoms with van der Waals surface area (Å²) in [6.07, 6.45) is 5.19. The van der Waals surface area contributed by atoms with Gasteiger partial charge in [-0.1, -0.05) is 13.8 Å². The average molecular weight is 367 g/mol. The largest absolute Gasteiger partial charge is 0.349 e. The lowest BCUT2D eigenvalue weighted by Gasteiger charge is -2.32. The van der Waals surface area contributed by atoms with Crippen molar-refractivity contribution in [3.63, 3.8) is 0 Å². The molecule has 0 saturated carbocycles. The van der Waals surface area contributed by atoms with E-state index in [4.69, 9.17) is 0 Å². The van der Waals surface area contributed by atoms with Crippen LogP contribution in [-0.4, -0.2) is 40.9 Å². The number of piperidine rings is 1. The van der Waals surface area contributed by atoms with Gasteiger partial charge in [-0.05, 0) is 43.2 Å². The molecule has 1 aliphatic heterocycles. The van der Waals surface area contributed by atoms with Crippen LogP contribution < -0.4 is 15.5 Å². The lowest BCUT2D eigenvalue weighted by atomic mass is 10.0. The molecular weight excluding hydrogens is 342 g/mol. The van der Waals surface area contributed by atoms with Crippen LogP contribution in [0.5, 0.6) is 0 Å². The molecule has 1 aromatic carbocycles. The molecule has 2 aromatic rings. The quantitative estimate of drug-likeness (QED) is 0.848. The van der Waals surface area contributed by atoms with E-state index in [1.807, 2.05) is 13.8 Å². The molecule has 7 heteroatoms. The summed E-state index contributed by atoms with van der Waals surface area (Å²) in [5, 5.41) is 5.91. The van der Waals surface area contributed by atoms with Crippen molar-refractivity contribution in [3.8, 4) is 0 Å². The standard InChI is InChI=1S/C20H25N5O2/c1-14(2)18(26)23-16-6-4-15(5-7-16)19(27)24-17-8-12-25(13-9-17)20-21-10-3-11-22-20/h3-7,10-11,14,17H,8-9,12-13H2,1-2H3,(H,23,26)(H,24,27). The number of hydrogen-bond donors (Lipinski definition) is 2. The van der Waals surface area contributed by atoms with E-state index in [0.29, 0.717) is 11.3 Å². The molecule has 2 N–H and O–H groups in total. The molecule has 1 fully saturated rings. The molecule has 2 heterocycles. The van der Waals surface area contributed by atoms with E-state index < -0.39 is 0 Å². The number of carbonyl (C=O) groups excluding carboxylic acids is 2. The Kier molecular flexibility index (Phi) is 6.01. The molecule has 0 atom stereocenters. The van der Waals surface area contributed by atoms with Crippen LogP contribution in [0.3, 0.4) is 0 Å². The number of aromatic nitrogens is 2. The second-order valence-electron chi connectivity index (χ2n) is 7.00. The Morgan fingerprint density at radius 2 is 1.70 bits per heavy atom. The molecule has 0 spiro atoms. The number of amides is 2. The molecule has 1 saturated heterocycles. The third kappa shape index (κ3) is 5.03. The first-order valence-electron chi connectivity index (χ1n) is 9.26. The van der Waals surface area contributed by atoms with Crippen molar-refractivity contribution in [1.29, 1.82) is 0 Å². The smallest absolute Gasteiger partial charge is 0.251 e. The zero-order chi connectivity index (χ0) is 19.2. The zero-order valence-corrected chi connectivity index (χ0v) is 15.7. The number of nitrogens with one attached hydrogen (secondary N) is 2. The van der Waals surface area contributed by atoms with E-state index in [9.17, 15) is 9.59 Å². The molecule has 1 aromatic heterocycles. The van der Waals surface area contributed by atoms with Crippen molar-refractivity contribution in [1.82, 2.24) is 15.3 Å². The van der Waals surface area contributed by atoms with Crippen LogP contribution in [0, 0.1) is 5.92 Å². The van der Waals surface area contributed by atoms with Crippen molar-refractivity contribution in [2.45, 2.75) is 32.7 Å². The van der Waals surface area contributed by atoms with Crippen molar-refractivity contribution in [3.05, 3.63) is 48.3 Å². The van der Waals surface area contributed by atoms with Crippen LogP contribution >= 0.6 is 0 Å². The Balaban J connectivity index is 1.50. The number of hydrogen-bond acceptors (Lipinski definition) is 5. The van der Waals surface area contributed by atoms with Gasteiger partial charge >= 0.3 is 0 Å². The van der Waals surface area contributed by atoms with E-state index >= 15 is 0 Å². The summed E-state index contributed by atoms with van der Waals surface area (Å²) in [7, 11) is 0. The topological polar surface area (TPSA) is 87.2 Å². The van der Waals surface area contributed by atoms with Crippen LogP contribution in [0.2, 0.25) is 0 Å². The van der Waals surface area contributed by atoms with Crippen molar-refractivity contribution >= 4 is 23.5 Å². The van der Waals surface area contributed by atoms with Crippen molar-refractivity contribution < 1.29 is 9.59 Å². The Hall–Kier alpha value is -2.96. The van der Waals surface area contributed by atoms with Gasteiger partial charge in [-0.25, -0.2) is 9.97 Å². The number of benzene rings is 1. The minimum absolute atomic E-state index is 0.0404. The lowest BCUT2D eigenvalue weighted by molar-refractivity contribution is -0.118. The zero-order valence-electron chi connectivity index (χ0n) is 15.7. The number of carbonyl (C=O) groups is 2. The summed E-state index contributed by atoms with van der Waals surface area (Å²) in [6, 6.07) is 8.92.